The maximum absolute atomic E-state index is 9.55. The standard InChI is InChI=1S/C18H30O6/c1-10-5-6-14-12(3)15(20-9-11(2)19)21-16-18(14)13(10)7-8-17(4,22-16)23-24-18/h10-16,19H,5-9H2,1-4H3/t10-,11?,12-,13+,14+,15+,16-,17-,18-/m1/s1. The molecule has 1 N–H and O–H groups in total. The summed E-state index contributed by atoms with van der Waals surface area (Å²) in [6, 6.07) is 0. The van der Waals surface area contributed by atoms with Crippen molar-refractivity contribution in [1.29, 1.82) is 0 Å². The molecule has 24 heavy (non-hydrogen) atoms. The van der Waals surface area contributed by atoms with E-state index in [1.54, 1.807) is 6.92 Å². The maximum atomic E-state index is 9.55. The van der Waals surface area contributed by atoms with Crippen molar-refractivity contribution in [2.75, 3.05) is 6.61 Å². The summed E-state index contributed by atoms with van der Waals surface area (Å²) in [5.74, 6) is 0.587. The molecule has 5 fully saturated rings. The van der Waals surface area contributed by atoms with Gasteiger partial charge in [0.25, 0.3) is 0 Å². The average Bonchev–Trinajstić information content (AvgIpc) is 2.76. The van der Waals surface area contributed by atoms with Gasteiger partial charge in [0.1, 0.15) is 0 Å². The Kier molecular flexibility index (Phi) is 4.22. The molecule has 4 saturated heterocycles. The van der Waals surface area contributed by atoms with Crippen LogP contribution in [0.5, 0.6) is 0 Å². The SMILES string of the molecule is CC(O)CO[C@H]1O[C@@H]2O[C@@]3(C)CC[C@H]4[C@H](C)CC[C@@H]([C@H]1C)[C@@]24OO3. The Balaban J connectivity index is 1.67. The monoisotopic (exact) mass is 342 g/mol. The fourth-order valence-corrected chi connectivity index (χ4v) is 5.30. The zero-order chi connectivity index (χ0) is 17.1. The molecule has 9 atom stereocenters. The van der Waals surface area contributed by atoms with Crippen molar-refractivity contribution in [2.24, 2.45) is 23.7 Å². The topological polar surface area (TPSA) is 66.4 Å². The summed E-state index contributed by atoms with van der Waals surface area (Å²) < 4.78 is 18.4. The molecule has 2 bridgehead atoms. The van der Waals surface area contributed by atoms with Crippen molar-refractivity contribution in [3.63, 3.8) is 0 Å². The zero-order valence-corrected chi connectivity index (χ0v) is 15.1. The smallest absolute Gasteiger partial charge is 0.201 e. The van der Waals surface area contributed by atoms with Crippen LogP contribution >= 0.6 is 0 Å². The van der Waals surface area contributed by atoms with E-state index in [1.165, 1.54) is 6.42 Å². The predicted octanol–water partition coefficient (Wildman–Crippen LogP) is 2.59. The first-order valence-electron chi connectivity index (χ1n) is 9.35. The first kappa shape index (κ1) is 17.2. The van der Waals surface area contributed by atoms with Crippen LogP contribution in [0.15, 0.2) is 0 Å². The minimum absolute atomic E-state index is 0.157. The molecule has 6 nitrogen and oxygen atoms in total. The van der Waals surface area contributed by atoms with Crippen LogP contribution in [0.3, 0.4) is 0 Å². The van der Waals surface area contributed by atoms with E-state index < -0.39 is 23.8 Å². The molecule has 0 aromatic rings. The van der Waals surface area contributed by atoms with Crippen LogP contribution < -0.4 is 0 Å². The highest BCUT2D eigenvalue weighted by molar-refractivity contribution is 5.09. The molecule has 4 aliphatic heterocycles. The van der Waals surface area contributed by atoms with Gasteiger partial charge in [-0.2, -0.15) is 0 Å². The number of aliphatic hydroxyl groups is 1. The van der Waals surface area contributed by atoms with E-state index in [9.17, 15) is 5.11 Å². The highest BCUT2D eigenvalue weighted by Gasteiger charge is 2.69. The van der Waals surface area contributed by atoms with Crippen molar-refractivity contribution in [2.45, 2.75) is 83.5 Å². The molecule has 0 amide bonds. The molecule has 138 valence electrons. The summed E-state index contributed by atoms with van der Waals surface area (Å²) in [5.41, 5.74) is -0.544. The van der Waals surface area contributed by atoms with Gasteiger partial charge >= 0.3 is 0 Å². The second kappa shape index (κ2) is 5.89. The van der Waals surface area contributed by atoms with Crippen molar-refractivity contribution >= 4 is 0 Å². The van der Waals surface area contributed by atoms with E-state index in [0.29, 0.717) is 11.8 Å². The lowest BCUT2D eigenvalue weighted by molar-refractivity contribution is -0.577. The second-order valence-electron chi connectivity index (χ2n) is 8.46. The summed E-state index contributed by atoms with van der Waals surface area (Å²) >= 11 is 0. The quantitative estimate of drug-likeness (QED) is 0.795. The third-order valence-corrected chi connectivity index (χ3v) is 6.60. The second-order valence-corrected chi connectivity index (χ2v) is 8.46. The molecule has 0 radical (unpaired) electrons. The number of fused-ring (bicyclic) bond motifs is 2. The summed E-state index contributed by atoms with van der Waals surface area (Å²) in [7, 11) is 0. The summed E-state index contributed by atoms with van der Waals surface area (Å²) in [5, 5.41) is 9.55. The van der Waals surface area contributed by atoms with Gasteiger partial charge in [0.15, 0.2) is 18.2 Å². The summed E-state index contributed by atoms with van der Waals surface area (Å²) in [6.45, 7) is 8.35. The fraction of sp³-hybridized carbons (Fsp3) is 1.00. The van der Waals surface area contributed by atoms with Crippen molar-refractivity contribution in [1.82, 2.24) is 0 Å². The van der Waals surface area contributed by atoms with Crippen LogP contribution in [0, 0.1) is 23.7 Å². The van der Waals surface area contributed by atoms with Crippen molar-refractivity contribution in [3.05, 3.63) is 0 Å². The van der Waals surface area contributed by atoms with Crippen LogP contribution in [0.25, 0.3) is 0 Å². The first-order valence-corrected chi connectivity index (χ1v) is 9.35. The van der Waals surface area contributed by atoms with E-state index >= 15 is 0 Å². The van der Waals surface area contributed by atoms with Crippen LogP contribution in [0.1, 0.15) is 53.4 Å². The lowest BCUT2D eigenvalue weighted by Gasteiger charge is -2.60. The minimum atomic E-state index is -0.757. The minimum Gasteiger partial charge on any atom is -0.391 e. The van der Waals surface area contributed by atoms with Crippen LogP contribution in [0.4, 0.5) is 0 Å². The molecular formula is C18H30O6. The Labute approximate surface area is 143 Å². The van der Waals surface area contributed by atoms with E-state index in [4.69, 9.17) is 24.0 Å². The first-order chi connectivity index (χ1) is 11.4. The van der Waals surface area contributed by atoms with E-state index in [2.05, 4.69) is 13.8 Å². The molecule has 1 aliphatic carbocycles. The van der Waals surface area contributed by atoms with E-state index in [0.717, 1.165) is 19.3 Å². The van der Waals surface area contributed by atoms with Gasteiger partial charge in [-0.25, -0.2) is 9.78 Å². The maximum Gasteiger partial charge on any atom is 0.201 e. The van der Waals surface area contributed by atoms with Gasteiger partial charge in [-0.3, -0.25) is 0 Å². The Bertz CT molecular complexity index is 484. The van der Waals surface area contributed by atoms with Gasteiger partial charge in [0.2, 0.25) is 5.79 Å². The Morgan fingerprint density at radius 3 is 2.71 bits per heavy atom. The fourth-order valence-electron chi connectivity index (χ4n) is 5.30. The highest BCUT2D eigenvalue weighted by atomic mass is 17.3. The summed E-state index contributed by atoms with van der Waals surface area (Å²) in [4.78, 5) is 11.9. The van der Waals surface area contributed by atoms with Gasteiger partial charge in [-0.1, -0.05) is 13.8 Å². The third kappa shape index (κ3) is 2.46. The molecule has 5 aliphatic rings. The Morgan fingerprint density at radius 2 is 1.96 bits per heavy atom. The number of hydrogen-bond acceptors (Lipinski definition) is 6. The average molecular weight is 342 g/mol. The molecule has 1 unspecified atom stereocenters. The molecule has 0 aromatic heterocycles. The molecular weight excluding hydrogens is 312 g/mol. The molecule has 5 rings (SSSR count). The number of hydrogen-bond donors (Lipinski definition) is 1. The number of rotatable bonds is 3. The molecule has 6 heteroatoms. The zero-order valence-electron chi connectivity index (χ0n) is 15.1. The normalized spacial score (nSPS) is 54.9. The van der Waals surface area contributed by atoms with E-state index in [-0.39, 0.29) is 24.7 Å². The highest BCUT2D eigenvalue weighted by Crippen LogP contribution is 2.60. The molecule has 1 saturated carbocycles. The van der Waals surface area contributed by atoms with Crippen molar-refractivity contribution in [3.8, 4) is 0 Å². The van der Waals surface area contributed by atoms with Gasteiger partial charge in [-0.15, -0.1) is 0 Å². The number of ether oxygens (including phenoxy) is 3. The van der Waals surface area contributed by atoms with Crippen LogP contribution in [0.2, 0.25) is 0 Å². The van der Waals surface area contributed by atoms with Crippen LogP contribution in [-0.4, -0.2) is 41.8 Å². The Morgan fingerprint density at radius 1 is 1.17 bits per heavy atom. The van der Waals surface area contributed by atoms with Gasteiger partial charge < -0.3 is 19.3 Å². The summed E-state index contributed by atoms with van der Waals surface area (Å²) in [6.07, 6.45) is 2.68. The largest absolute Gasteiger partial charge is 0.391 e. The van der Waals surface area contributed by atoms with Crippen LogP contribution in [-0.2, 0) is 24.0 Å². The Hall–Kier alpha value is -0.240. The predicted molar refractivity (Wildman–Crippen MR) is 84.5 cm³/mol. The molecule has 4 heterocycles. The lowest BCUT2D eigenvalue weighted by atomic mass is 9.58. The number of aliphatic hydroxyl groups excluding tert-OH is 1. The third-order valence-electron chi connectivity index (χ3n) is 6.60. The molecule has 1 spiro atoms. The molecule has 0 aromatic carbocycles. The van der Waals surface area contributed by atoms with E-state index in [1.807, 2.05) is 6.92 Å². The van der Waals surface area contributed by atoms with Crippen molar-refractivity contribution < 1.29 is 29.1 Å². The van der Waals surface area contributed by atoms with Gasteiger partial charge in [-0.05, 0) is 44.9 Å². The van der Waals surface area contributed by atoms with Gasteiger partial charge in [0, 0.05) is 18.3 Å². The lowest BCUT2D eigenvalue weighted by Crippen LogP contribution is -2.70. The van der Waals surface area contributed by atoms with Gasteiger partial charge in [0.05, 0.1) is 12.7 Å².